The van der Waals surface area contributed by atoms with Crippen molar-refractivity contribution in [1.82, 2.24) is 19.9 Å². The van der Waals surface area contributed by atoms with E-state index in [1.54, 1.807) is 17.9 Å². The molecule has 0 unspecified atom stereocenters. The Kier molecular flexibility index (Phi) is 2.91. The molecule has 0 radical (unpaired) electrons. The minimum atomic E-state index is -0.124. The van der Waals surface area contributed by atoms with Crippen LogP contribution in [0.2, 0.25) is 0 Å². The summed E-state index contributed by atoms with van der Waals surface area (Å²) in [5.41, 5.74) is 1.17. The molecule has 6 heteroatoms. The Morgan fingerprint density at radius 2 is 2.16 bits per heavy atom. The second-order valence-corrected chi connectivity index (χ2v) is 4.62. The van der Waals surface area contributed by atoms with Gasteiger partial charge in [0.15, 0.2) is 5.82 Å². The van der Waals surface area contributed by atoms with Crippen LogP contribution in [-0.2, 0) is 7.05 Å². The molecule has 0 bridgehead atoms. The summed E-state index contributed by atoms with van der Waals surface area (Å²) >= 11 is 0. The van der Waals surface area contributed by atoms with E-state index in [-0.39, 0.29) is 12.1 Å². The molecule has 3 rings (SSSR count). The van der Waals surface area contributed by atoms with Crippen LogP contribution in [0.4, 0.5) is 10.6 Å². The van der Waals surface area contributed by atoms with Crippen LogP contribution < -0.4 is 5.32 Å². The van der Waals surface area contributed by atoms with Gasteiger partial charge in [0, 0.05) is 13.6 Å². The number of urea groups is 1. The van der Waals surface area contributed by atoms with Gasteiger partial charge in [-0.25, -0.2) is 4.79 Å². The lowest BCUT2D eigenvalue weighted by atomic mass is 9.95. The van der Waals surface area contributed by atoms with Gasteiger partial charge >= 0.3 is 6.03 Å². The maximum absolute atomic E-state index is 12.1. The molecule has 2 heterocycles. The molecule has 1 atom stereocenters. The lowest BCUT2D eigenvalue weighted by molar-refractivity contribution is 0.126. The minimum absolute atomic E-state index is 0.124. The van der Waals surface area contributed by atoms with Crippen LogP contribution in [0.25, 0.3) is 0 Å². The molecule has 1 aliphatic heterocycles. The molecule has 98 valence electrons. The molecule has 1 fully saturated rings. The van der Waals surface area contributed by atoms with Crippen molar-refractivity contribution < 1.29 is 4.79 Å². The number of hydrogen-bond donors (Lipinski definition) is 1. The average molecular weight is 257 g/mol. The van der Waals surface area contributed by atoms with Crippen molar-refractivity contribution in [2.24, 2.45) is 7.05 Å². The van der Waals surface area contributed by atoms with E-state index < -0.39 is 0 Å². The second kappa shape index (κ2) is 4.72. The van der Waals surface area contributed by atoms with Gasteiger partial charge in [-0.15, -0.1) is 5.10 Å². The van der Waals surface area contributed by atoms with E-state index in [1.807, 2.05) is 35.2 Å². The maximum atomic E-state index is 12.1. The first kappa shape index (κ1) is 11.7. The fourth-order valence-electron chi connectivity index (χ4n) is 2.24. The van der Waals surface area contributed by atoms with Crippen LogP contribution in [0.1, 0.15) is 18.0 Å². The number of nitrogens with zero attached hydrogens (tertiary/aromatic N) is 4. The first-order valence-electron chi connectivity index (χ1n) is 6.23. The SMILES string of the molecule is Cn1cc(NC(=O)N2CC[C@H]2c2ccccc2)nn1. The highest BCUT2D eigenvalue weighted by atomic mass is 16.2. The number of nitrogens with one attached hydrogen (secondary N) is 1. The molecule has 0 saturated carbocycles. The van der Waals surface area contributed by atoms with Gasteiger partial charge in [0.25, 0.3) is 0 Å². The van der Waals surface area contributed by atoms with Gasteiger partial charge in [-0.2, -0.15) is 0 Å². The van der Waals surface area contributed by atoms with E-state index in [1.165, 1.54) is 5.56 Å². The third-order valence-electron chi connectivity index (χ3n) is 3.30. The summed E-state index contributed by atoms with van der Waals surface area (Å²) in [5, 5.41) is 10.4. The Bertz CT molecular complexity index is 580. The van der Waals surface area contributed by atoms with Gasteiger partial charge < -0.3 is 4.90 Å². The van der Waals surface area contributed by atoms with Crippen molar-refractivity contribution in [3.8, 4) is 0 Å². The van der Waals surface area contributed by atoms with Gasteiger partial charge in [0.05, 0.1) is 12.2 Å². The van der Waals surface area contributed by atoms with E-state index in [0.717, 1.165) is 13.0 Å². The summed E-state index contributed by atoms with van der Waals surface area (Å²) in [6.45, 7) is 0.770. The summed E-state index contributed by atoms with van der Waals surface area (Å²) in [4.78, 5) is 13.9. The van der Waals surface area contributed by atoms with Gasteiger partial charge in [-0.3, -0.25) is 10.00 Å². The summed E-state index contributed by atoms with van der Waals surface area (Å²) < 4.78 is 1.56. The van der Waals surface area contributed by atoms with E-state index in [0.29, 0.717) is 5.82 Å². The Hall–Kier alpha value is -2.37. The predicted octanol–water partition coefficient (Wildman–Crippen LogP) is 1.79. The monoisotopic (exact) mass is 257 g/mol. The standard InChI is InChI=1S/C13H15N5O/c1-17-9-12(15-16-17)14-13(19)18-8-7-11(18)10-5-3-2-4-6-10/h2-6,9,11H,7-8H2,1H3,(H,14,19)/t11-/m0/s1. The molecular formula is C13H15N5O. The van der Waals surface area contributed by atoms with Crippen molar-refractivity contribution in [2.75, 3.05) is 11.9 Å². The zero-order valence-corrected chi connectivity index (χ0v) is 10.7. The third kappa shape index (κ3) is 2.29. The van der Waals surface area contributed by atoms with Crippen LogP contribution in [0.15, 0.2) is 36.5 Å². The summed E-state index contributed by atoms with van der Waals surface area (Å²) in [6, 6.07) is 10.1. The van der Waals surface area contributed by atoms with Crippen molar-refractivity contribution >= 4 is 11.8 Å². The van der Waals surface area contributed by atoms with Gasteiger partial charge in [0.1, 0.15) is 0 Å². The first-order chi connectivity index (χ1) is 9.24. The lowest BCUT2D eigenvalue weighted by Gasteiger charge is -2.40. The van der Waals surface area contributed by atoms with Gasteiger partial charge in [-0.05, 0) is 12.0 Å². The number of hydrogen-bond acceptors (Lipinski definition) is 3. The molecule has 2 aromatic rings. The van der Waals surface area contributed by atoms with Crippen molar-refractivity contribution in [3.05, 3.63) is 42.1 Å². The fourth-order valence-corrected chi connectivity index (χ4v) is 2.24. The first-order valence-corrected chi connectivity index (χ1v) is 6.23. The van der Waals surface area contributed by atoms with Crippen LogP contribution >= 0.6 is 0 Å². The Morgan fingerprint density at radius 1 is 1.37 bits per heavy atom. The Balaban J connectivity index is 1.68. The van der Waals surface area contributed by atoms with Crippen molar-refractivity contribution in [2.45, 2.75) is 12.5 Å². The number of amides is 2. The molecule has 1 aromatic carbocycles. The van der Waals surface area contributed by atoms with Crippen molar-refractivity contribution in [3.63, 3.8) is 0 Å². The van der Waals surface area contributed by atoms with Gasteiger partial charge in [0.2, 0.25) is 0 Å². The van der Waals surface area contributed by atoms with E-state index >= 15 is 0 Å². The zero-order valence-electron chi connectivity index (χ0n) is 10.7. The molecule has 1 N–H and O–H groups in total. The van der Waals surface area contributed by atoms with Crippen molar-refractivity contribution in [1.29, 1.82) is 0 Å². The molecular weight excluding hydrogens is 242 g/mol. The smallest absolute Gasteiger partial charge is 0.317 e. The minimum Gasteiger partial charge on any atom is -0.317 e. The molecule has 2 amide bonds. The molecule has 1 aromatic heterocycles. The van der Waals surface area contributed by atoms with E-state index in [9.17, 15) is 4.79 Å². The van der Waals surface area contributed by atoms with Crippen LogP contribution in [0.3, 0.4) is 0 Å². The number of carbonyl (C=O) groups excluding carboxylic acids is 1. The quantitative estimate of drug-likeness (QED) is 0.892. The van der Waals surface area contributed by atoms with E-state index in [2.05, 4.69) is 15.6 Å². The predicted molar refractivity (Wildman–Crippen MR) is 70.5 cm³/mol. The number of likely N-dealkylation sites (tertiary alicyclic amines) is 1. The highest BCUT2D eigenvalue weighted by Gasteiger charge is 2.33. The number of aryl methyl sites for hydroxylation is 1. The zero-order chi connectivity index (χ0) is 13.2. The normalized spacial score (nSPS) is 17.9. The molecule has 0 aliphatic carbocycles. The lowest BCUT2D eigenvalue weighted by Crippen LogP contribution is -2.47. The Morgan fingerprint density at radius 3 is 2.74 bits per heavy atom. The summed E-state index contributed by atoms with van der Waals surface area (Å²) in [7, 11) is 1.76. The van der Waals surface area contributed by atoms with Crippen LogP contribution in [0.5, 0.6) is 0 Å². The number of rotatable bonds is 2. The average Bonchev–Trinajstić information content (AvgIpc) is 2.74. The van der Waals surface area contributed by atoms with E-state index in [4.69, 9.17) is 0 Å². The number of anilines is 1. The summed E-state index contributed by atoms with van der Waals surface area (Å²) in [5.74, 6) is 0.478. The number of benzene rings is 1. The third-order valence-corrected chi connectivity index (χ3v) is 3.30. The highest BCUT2D eigenvalue weighted by Crippen LogP contribution is 2.33. The highest BCUT2D eigenvalue weighted by molar-refractivity contribution is 5.89. The Labute approximate surface area is 111 Å². The second-order valence-electron chi connectivity index (χ2n) is 4.62. The molecule has 1 aliphatic rings. The maximum Gasteiger partial charge on any atom is 0.323 e. The fraction of sp³-hybridized carbons (Fsp3) is 0.308. The molecule has 6 nitrogen and oxygen atoms in total. The number of aromatic nitrogens is 3. The number of carbonyl (C=O) groups is 1. The van der Waals surface area contributed by atoms with Crippen LogP contribution in [0, 0.1) is 0 Å². The molecule has 19 heavy (non-hydrogen) atoms. The molecule has 0 spiro atoms. The topological polar surface area (TPSA) is 63.1 Å². The largest absolute Gasteiger partial charge is 0.323 e. The summed E-state index contributed by atoms with van der Waals surface area (Å²) in [6.07, 6.45) is 2.67. The van der Waals surface area contributed by atoms with Gasteiger partial charge in [-0.1, -0.05) is 35.5 Å². The molecule has 1 saturated heterocycles. The van der Waals surface area contributed by atoms with Crippen LogP contribution in [-0.4, -0.2) is 32.5 Å².